The molecule has 0 aliphatic carbocycles. The highest BCUT2D eigenvalue weighted by molar-refractivity contribution is 7.80. The molecule has 2 aliphatic rings. The van der Waals surface area contributed by atoms with Crippen LogP contribution in [0.1, 0.15) is 18.5 Å². The average Bonchev–Trinajstić information content (AvgIpc) is 2.79. The lowest BCUT2D eigenvalue weighted by Gasteiger charge is -2.28. The van der Waals surface area contributed by atoms with Gasteiger partial charge in [-0.1, -0.05) is 6.07 Å². The number of urea groups is 1. The van der Waals surface area contributed by atoms with Gasteiger partial charge in [-0.2, -0.15) is 13.5 Å². The fourth-order valence-corrected chi connectivity index (χ4v) is 3.36. The van der Waals surface area contributed by atoms with Crippen LogP contribution >= 0.6 is 0 Å². The summed E-state index contributed by atoms with van der Waals surface area (Å²) < 4.78 is 39.9. The minimum Gasteiger partial charge on any atom is -0.464 e. The molecule has 0 unspecified atom stereocenters. The van der Waals surface area contributed by atoms with E-state index in [2.05, 4.69) is 9.27 Å². The third-order valence-electron chi connectivity index (χ3n) is 4.10. The molecule has 2 amide bonds. The third kappa shape index (κ3) is 4.06. The maximum absolute atomic E-state index is 12.3. The standard InChI is InChI=1S/C14H17N3O7S/c18-13(23-8-6-10-3-1-2-7-15-10)12-5-4-11-9-16(12)14(19)17(11)24-25(20,21)22/h1-3,7,11-12H,4-6,8-9H2,(H,20,21,22)/t11-,12+/m0/s1. The van der Waals surface area contributed by atoms with Gasteiger partial charge < -0.3 is 9.64 Å². The molecule has 11 heteroatoms. The number of carbonyl (C=O) groups is 2. The Labute approximate surface area is 144 Å². The van der Waals surface area contributed by atoms with Crippen molar-refractivity contribution in [1.29, 1.82) is 0 Å². The number of carbonyl (C=O) groups excluding carboxylic acids is 2. The first kappa shape index (κ1) is 17.6. The SMILES string of the molecule is O=C(OCCc1ccccn1)[C@H]1CC[C@H]2CN1C(=O)N2OS(=O)(=O)O. The van der Waals surface area contributed by atoms with Crippen LogP contribution in [0, 0.1) is 0 Å². The van der Waals surface area contributed by atoms with Crippen molar-refractivity contribution < 1.29 is 31.6 Å². The van der Waals surface area contributed by atoms with Gasteiger partial charge in [0.25, 0.3) is 0 Å². The average molecular weight is 371 g/mol. The number of piperidine rings is 1. The minimum absolute atomic E-state index is 0.128. The second-order valence-corrected chi connectivity index (χ2v) is 6.75. The zero-order valence-electron chi connectivity index (χ0n) is 13.1. The van der Waals surface area contributed by atoms with E-state index in [1.165, 1.54) is 4.90 Å². The number of pyridine rings is 1. The Hall–Kier alpha value is -2.24. The number of hydrogen-bond acceptors (Lipinski definition) is 7. The van der Waals surface area contributed by atoms with Crippen molar-refractivity contribution >= 4 is 22.4 Å². The molecule has 2 atom stereocenters. The number of nitrogens with zero attached hydrogens (tertiary/aromatic N) is 3. The van der Waals surface area contributed by atoms with E-state index in [0.717, 1.165) is 5.69 Å². The second-order valence-electron chi connectivity index (χ2n) is 5.75. The summed E-state index contributed by atoms with van der Waals surface area (Å²) in [5.41, 5.74) is 0.781. The van der Waals surface area contributed by atoms with E-state index < -0.39 is 34.5 Å². The monoisotopic (exact) mass is 371 g/mol. The van der Waals surface area contributed by atoms with Crippen LogP contribution in [-0.2, 0) is 30.6 Å². The summed E-state index contributed by atoms with van der Waals surface area (Å²) in [6.07, 6.45) is 2.78. The molecule has 1 N–H and O–H groups in total. The van der Waals surface area contributed by atoms with Gasteiger partial charge in [-0.25, -0.2) is 9.59 Å². The van der Waals surface area contributed by atoms with Crippen LogP contribution < -0.4 is 0 Å². The fraction of sp³-hybridized carbons (Fsp3) is 0.500. The molecule has 1 aromatic rings. The van der Waals surface area contributed by atoms with Crippen molar-refractivity contribution in [3.05, 3.63) is 30.1 Å². The molecule has 3 rings (SSSR count). The Bertz CT molecular complexity index is 755. The van der Waals surface area contributed by atoms with E-state index in [-0.39, 0.29) is 13.2 Å². The topological polar surface area (TPSA) is 126 Å². The van der Waals surface area contributed by atoms with Crippen molar-refractivity contribution in [1.82, 2.24) is 14.9 Å². The van der Waals surface area contributed by atoms with Gasteiger partial charge in [0, 0.05) is 24.9 Å². The molecule has 25 heavy (non-hydrogen) atoms. The quantitative estimate of drug-likeness (QED) is 0.554. The van der Waals surface area contributed by atoms with Crippen LogP contribution in [0.2, 0.25) is 0 Å². The van der Waals surface area contributed by atoms with Crippen LogP contribution in [0.5, 0.6) is 0 Å². The maximum Gasteiger partial charge on any atom is 0.418 e. The first-order valence-electron chi connectivity index (χ1n) is 7.68. The van der Waals surface area contributed by atoms with Gasteiger partial charge in [0.2, 0.25) is 0 Å². The Morgan fingerprint density at radius 1 is 1.36 bits per heavy atom. The summed E-state index contributed by atoms with van der Waals surface area (Å²) in [7, 11) is -4.81. The molecule has 2 aliphatic heterocycles. The summed E-state index contributed by atoms with van der Waals surface area (Å²) in [6, 6.07) is 3.31. The lowest BCUT2D eigenvalue weighted by molar-refractivity contribution is -0.149. The predicted molar refractivity (Wildman–Crippen MR) is 82.3 cm³/mol. The maximum atomic E-state index is 12.3. The lowest BCUT2D eigenvalue weighted by Crippen LogP contribution is -2.46. The number of amides is 2. The van der Waals surface area contributed by atoms with Gasteiger partial charge in [-0.15, -0.1) is 4.28 Å². The van der Waals surface area contributed by atoms with Crippen molar-refractivity contribution in [3.63, 3.8) is 0 Å². The van der Waals surface area contributed by atoms with E-state index >= 15 is 0 Å². The Balaban J connectivity index is 1.57. The molecule has 0 saturated carbocycles. The van der Waals surface area contributed by atoms with Gasteiger partial charge in [0.1, 0.15) is 6.04 Å². The van der Waals surface area contributed by atoms with Gasteiger partial charge in [-0.3, -0.25) is 9.54 Å². The highest BCUT2D eigenvalue weighted by atomic mass is 32.3. The molecule has 3 heterocycles. The number of esters is 1. The zero-order chi connectivity index (χ0) is 18.0. The summed E-state index contributed by atoms with van der Waals surface area (Å²) >= 11 is 0. The van der Waals surface area contributed by atoms with Crippen molar-refractivity contribution in [2.24, 2.45) is 0 Å². The highest BCUT2D eigenvalue weighted by Crippen LogP contribution is 2.31. The van der Waals surface area contributed by atoms with Gasteiger partial charge in [0.15, 0.2) is 0 Å². The third-order valence-corrected chi connectivity index (χ3v) is 4.45. The van der Waals surface area contributed by atoms with Crippen LogP contribution in [0.3, 0.4) is 0 Å². The van der Waals surface area contributed by atoms with E-state index in [9.17, 15) is 18.0 Å². The zero-order valence-corrected chi connectivity index (χ0v) is 14.0. The number of ether oxygens (including phenoxy) is 1. The molecule has 2 saturated heterocycles. The van der Waals surface area contributed by atoms with E-state index in [1.807, 2.05) is 12.1 Å². The molecular formula is C14H17N3O7S. The Morgan fingerprint density at radius 2 is 2.16 bits per heavy atom. The molecule has 0 radical (unpaired) electrons. The number of hydroxylamine groups is 2. The fourth-order valence-electron chi connectivity index (χ4n) is 2.97. The van der Waals surface area contributed by atoms with Crippen molar-refractivity contribution in [3.8, 4) is 0 Å². The van der Waals surface area contributed by atoms with Crippen molar-refractivity contribution in [2.45, 2.75) is 31.3 Å². The van der Waals surface area contributed by atoms with Crippen LogP contribution in [0.25, 0.3) is 0 Å². The molecule has 136 valence electrons. The molecular weight excluding hydrogens is 354 g/mol. The molecule has 0 spiro atoms. The number of aromatic nitrogens is 1. The summed E-state index contributed by atoms with van der Waals surface area (Å²) in [5, 5.41) is 0.594. The summed E-state index contributed by atoms with van der Waals surface area (Å²) in [6.45, 7) is 0.261. The minimum atomic E-state index is -4.81. The molecule has 2 fully saturated rings. The Kier molecular flexibility index (Phi) is 4.88. The van der Waals surface area contributed by atoms with Gasteiger partial charge >= 0.3 is 22.4 Å². The number of fused-ring (bicyclic) bond motifs is 2. The van der Waals surface area contributed by atoms with Crippen molar-refractivity contribution in [2.75, 3.05) is 13.2 Å². The van der Waals surface area contributed by atoms with Crippen LogP contribution in [-0.4, -0.2) is 65.2 Å². The molecule has 0 aromatic carbocycles. The van der Waals surface area contributed by atoms with Gasteiger partial charge in [-0.05, 0) is 25.0 Å². The van der Waals surface area contributed by atoms with Crippen LogP contribution in [0.4, 0.5) is 4.79 Å². The van der Waals surface area contributed by atoms with E-state index in [4.69, 9.17) is 9.29 Å². The first-order valence-corrected chi connectivity index (χ1v) is 9.05. The Morgan fingerprint density at radius 3 is 2.84 bits per heavy atom. The smallest absolute Gasteiger partial charge is 0.418 e. The van der Waals surface area contributed by atoms with E-state index in [0.29, 0.717) is 24.3 Å². The van der Waals surface area contributed by atoms with Gasteiger partial charge in [0.05, 0.1) is 12.6 Å². The first-order chi connectivity index (χ1) is 11.8. The van der Waals surface area contributed by atoms with Crippen LogP contribution in [0.15, 0.2) is 24.4 Å². The molecule has 1 aromatic heterocycles. The molecule has 2 bridgehead atoms. The normalized spacial score (nSPS) is 23.0. The molecule has 10 nitrogen and oxygen atoms in total. The summed E-state index contributed by atoms with van der Waals surface area (Å²) in [4.78, 5) is 29.8. The lowest BCUT2D eigenvalue weighted by atomic mass is 10.0. The van der Waals surface area contributed by atoms with E-state index in [1.54, 1.807) is 12.3 Å². The predicted octanol–water partition coefficient (Wildman–Crippen LogP) is 0.170. The summed E-state index contributed by atoms with van der Waals surface area (Å²) in [5.74, 6) is -0.559. The largest absolute Gasteiger partial charge is 0.464 e. The number of hydrogen-bond donors (Lipinski definition) is 1. The second kappa shape index (κ2) is 6.94. The highest BCUT2D eigenvalue weighted by Gasteiger charge is 2.49. The number of rotatable bonds is 6.